The van der Waals surface area contributed by atoms with Crippen molar-refractivity contribution in [2.75, 3.05) is 26.4 Å². The molecule has 0 atom stereocenters. The van der Waals surface area contributed by atoms with Crippen molar-refractivity contribution in [3.63, 3.8) is 0 Å². The summed E-state index contributed by atoms with van der Waals surface area (Å²) in [6.45, 7) is 0.363. The van der Waals surface area contributed by atoms with E-state index < -0.39 is 0 Å². The van der Waals surface area contributed by atoms with Crippen LogP contribution in [-0.2, 0) is 11.2 Å². The van der Waals surface area contributed by atoms with Crippen LogP contribution in [0.2, 0.25) is 0 Å². The fourth-order valence-electron chi connectivity index (χ4n) is 2.04. The van der Waals surface area contributed by atoms with Gasteiger partial charge in [-0.15, -0.1) is 0 Å². The van der Waals surface area contributed by atoms with E-state index in [1.165, 1.54) is 12.1 Å². The average Bonchev–Trinajstić information content (AvgIpc) is 2.60. The second kappa shape index (κ2) is 9.52. The molecule has 1 amide bonds. The van der Waals surface area contributed by atoms with E-state index in [-0.39, 0.29) is 31.5 Å². The molecule has 0 heterocycles. The highest BCUT2D eigenvalue weighted by Crippen LogP contribution is 2.26. The summed E-state index contributed by atoms with van der Waals surface area (Å²) < 4.78 is 23.6. The topological polar surface area (TPSA) is 67.8 Å². The zero-order valence-corrected chi connectivity index (χ0v) is 13.2. The fraction of sp³-hybridized carbons (Fsp3) is 0.278. The third-order valence-corrected chi connectivity index (χ3v) is 3.21. The Morgan fingerprint density at radius 1 is 1.04 bits per heavy atom. The minimum atomic E-state index is -0.279. The van der Waals surface area contributed by atoms with Crippen molar-refractivity contribution in [2.45, 2.75) is 6.42 Å². The van der Waals surface area contributed by atoms with Crippen LogP contribution in [0.1, 0.15) is 5.56 Å². The van der Waals surface area contributed by atoms with Crippen molar-refractivity contribution in [3.8, 4) is 11.5 Å². The summed E-state index contributed by atoms with van der Waals surface area (Å²) in [5.41, 5.74) is 0.945. The summed E-state index contributed by atoms with van der Waals surface area (Å²) in [6.07, 6.45) is 0.613. The van der Waals surface area contributed by atoms with Gasteiger partial charge in [-0.05, 0) is 36.2 Å². The predicted octanol–water partition coefficient (Wildman–Crippen LogP) is 1.93. The Bertz CT molecular complexity index is 646. The van der Waals surface area contributed by atoms with E-state index >= 15 is 0 Å². The summed E-state index contributed by atoms with van der Waals surface area (Å²) >= 11 is 0. The van der Waals surface area contributed by atoms with Gasteiger partial charge >= 0.3 is 0 Å². The first-order chi connectivity index (χ1) is 11.7. The second-order valence-electron chi connectivity index (χ2n) is 5.03. The zero-order valence-electron chi connectivity index (χ0n) is 13.2. The van der Waals surface area contributed by atoms with Crippen LogP contribution in [0.15, 0.2) is 48.5 Å². The van der Waals surface area contributed by atoms with Gasteiger partial charge in [0.1, 0.15) is 12.4 Å². The zero-order chi connectivity index (χ0) is 17.2. The summed E-state index contributed by atoms with van der Waals surface area (Å²) in [6, 6.07) is 13.1. The van der Waals surface area contributed by atoms with Gasteiger partial charge in [0, 0.05) is 6.54 Å². The van der Waals surface area contributed by atoms with E-state index in [1.807, 2.05) is 0 Å². The number of nitrogens with one attached hydrogen (secondary N) is 1. The SMILES string of the molecule is O=C(COc1ccccc1OCCO)NCCc1ccc(F)cc1. The molecule has 0 aliphatic rings. The molecule has 2 N–H and O–H groups in total. The van der Waals surface area contributed by atoms with E-state index in [9.17, 15) is 9.18 Å². The summed E-state index contributed by atoms with van der Waals surface area (Å²) in [4.78, 5) is 11.8. The molecule has 2 rings (SSSR count). The third-order valence-electron chi connectivity index (χ3n) is 3.21. The molecule has 5 nitrogen and oxygen atoms in total. The lowest BCUT2D eigenvalue weighted by Gasteiger charge is -2.12. The minimum Gasteiger partial charge on any atom is -0.487 e. The van der Waals surface area contributed by atoms with Gasteiger partial charge in [0.25, 0.3) is 5.91 Å². The molecule has 0 spiro atoms. The number of ether oxygens (including phenoxy) is 2. The molecule has 0 saturated carbocycles. The van der Waals surface area contributed by atoms with Gasteiger partial charge in [-0.1, -0.05) is 24.3 Å². The Kier molecular flexibility index (Phi) is 7.04. The van der Waals surface area contributed by atoms with Gasteiger partial charge < -0.3 is 19.9 Å². The van der Waals surface area contributed by atoms with Crippen LogP contribution in [-0.4, -0.2) is 37.4 Å². The van der Waals surface area contributed by atoms with Crippen LogP contribution in [0, 0.1) is 5.82 Å². The monoisotopic (exact) mass is 333 g/mol. The number of carbonyl (C=O) groups excluding carboxylic acids is 1. The number of para-hydroxylation sites is 2. The summed E-state index contributed by atoms with van der Waals surface area (Å²) in [5.74, 6) is 0.387. The van der Waals surface area contributed by atoms with Crippen LogP contribution < -0.4 is 14.8 Å². The highest BCUT2D eigenvalue weighted by Gasteiger charge is 2.07. The van der Waals surface area contributed by atoms with Gasteiger partial charge in [0.15, 0.2) is 18.1 Å². The first-order valence-corrected chi connectivity index (χ1v) is 7.65. The number of carbonyl (C=O) groups is 1. The molecule has 0 saturated heterocycles. The third kappa shape index (κ3) is 5.89. The molecule has 2 aromatic rings. The van der Waals surface area contributed by atoms with Gasteiger partial charge in [-0.2, -0.15) is 0 Å². The van der Waals surface area contributed by atoms with Crippen LogP contribution in [0.4, 0.5) is 4.39 Å². The minimum absolute atomic E-state index is 0.0990. The van der Waals surface area contributed by atoms with Crippen molar-refractivity contribution in [1.29, 1.82) is 0 Å². The number of hydrogen-bond acceptors (Lipinski definition) is 4. The normalized spacial score (nSPS) is 10.2. The number of benzene rings is 2. The molecule has 6 heteroatoms. The van der Waals surface area contributed by atoms with E-state index in [0.717, 1.165) is 5.56 Å². The lowest BCUT2D eigenvalue weighted by molar-refractivity contribution is -0.123. The highest BCUT2D eigenvalue weighted by atomic mass is 19.1. The van der Waals surface area contributed by atoms with Crippen molar-refractivity contribution in [2.24, 2.45) is 0 Å². The number of rotatable bonds is 9. The maximum absolute atomic E-state index is 12.8. The van der Waals surface area contributed by atoms with Crippen LogP contribution >= 0.6 is 0 Å². The van der Waals surface area contributed by atoms with Gasteiger partial charge in [0.2, 0.25) is 0 Å². The number of aliphatic hydroxyl groups excluding tert-OH is 1. The van der Waals surface area contributed by atoms with Gasteiger partial charge in [0.05, 0.1) is 6.61 Å². The maximum Gasteiger partial charge on any atom is 0.257 e. The lowest BCUT2D eigenvalue weighted by atomic mass is 10.1. The number of amides is 1. The highest BCUT2D eigenvalue weighted by molar-refractivity contribution is 5.77. The fourth-order valence-corrected chi connectivity index (χ4v) is 2.04. The molecular weight excluding hydrogens is 313 g/mol. The Labute approximate surface area is 140 Å². The summed E-state index contributed by atoms with van der Waals surface area (Å²) in [7, 11) is 0. The van der Waals surface area contributed by atoms with Crippen LogP contribution in [0.3, 0.4) is 0 Å². The van der Waals surface area contributed by atoms with E-state index in [1.54, 1.807) is 36.4 Å². The van der Waals surface area contributed by atoms with Crippen molar-refractivity contribution >= 4 is 5.91 Å². The Balaban J connectivity index is 1.74. The molecule has 2 aromatic carbocycles. The molecule has 0 bridgehead atoms. The quantitative estimate of drug-likeness (QED) is 0.736. The van der Waals surface area contributed by atoms with Crippen molar-refractivity contribution in [1.82, 2.24) is 5.32 Å². The van der Waals surface area contributed by atoms with Crippen LogP contribution in [0.25, 0.3) is 0 Å². The molecule has 0 fully saturated rings. The molecule has 128 valence electrons. The van der Waals surface area contributed by atoms with E-state index in [2.05, 4.69) is 5.32 Å². The van der Waals surface area contributed by atoms with Crippen LogP contribution in [0.5, 0.6) is 11.5 Å². The Morgan fingerprint density at radius 3 is 2.38 bits per heavy atom. The number of halogens is 1. The van der Waals surface area contributed by atoms with Crippen molar-refractivity contribution < 1.29 is 23.8 Å². The van der Waals surface area contributed by atoms with Crippen molar-refractivity contribution in [3.05, 3.63) is 59.9 Å². The van der Waals surface area contributed by atoms with E-state index in [4.69, 9.17) is 14.6 Å². The smallest absolute Gasteiger partial charge is 0.257 e. The molecule has 0 aliphatic carbocycles. The predicted molar refractivity (Wildman–Crippen MR) is 87.6 cm³/mol. The van der Waals surface area contributed by atoms with Gasteiger partial charge in [-0.25, -0.2) is 4.39 Å². The molecule has 0 radical (unpaired) electrons. The molecule has 0 aliphatic heterocycles. The average molecular weight is 333 g/mol. The lowest BCUT2D eigenvalue weighted by Crippen LogP contribution is -2.30. The molecule has 0 unspecified atom stereocenters. The summed E-state index contributed by atoms with van der Waals surface area (Å²) in [5, 5.41) is 11.5. The Hall–Kier alpha value is -2.60. The first-order valence-electron chi connectivity index (χ1n) is 7.65. The standard InChI is InChI=1S/C18H20FNO4/c19-15-7-5-14(6-8-15)9-10-20-18(22)13-24-17-4-2-1-3-16(17)23-12-11-21/h1-8,21H,9-13H2,(H,20,22). The molecular formula is C18H20FNO4. The molecule has 24 heavy (non-hydrogen) atoms. The van der Waals surface area contributed by atoms with Gasteiger partial charge in [-0.3, -0.25) is 4.79 Å². The number of hydrogen-bond donors (Lipinski definition) is 2. The Morgan fingerprint density at radius 2 is 1.71 bits per heavy atom. The number of aliphatic hydroxyl groups is 1. The van der Waals surface area contributed by atoms with E-state index in [0.29, 0.717) is 24.5 Å². The molecule has 0 aromatic heterocycles. The first kappa shape index (κ1) is 17.7. The maximum atomic E-state index is 12.8. The second-order valence-corrected chi connectivity index (χ2v) is 5.03. The largest absolute Gasteiger partial charge is 0.487 e.